The van der Waals surface area contributed by atoms with Gasteiger partial charge >= 0.3 is 11.9 Å². The molecule has 5 atom stereocenters. The van der Waals surface area contributed by atoms with E-state index in [1.807, 2.05) is 0 Å². The van der Waals surface area contributed by atoms with Crippen LogP contribution in [0.4, 0.5) is 0 Å². The summed E-state index contributed by atoms with van der Waals surface area (Å²) in [4.78, 5) is 23.0. The maximum atomic E-state index is 11.7. The fraction of sp³-hybridized carbons (Fsp3) is 0.647. The minimum atomic E-state index is -0.247. The number of ether oxygens (including phenoxy) is 2. The smallest absolute Gasteiger partial charge is 0.334 e. The zero-order valence-electron chi connectivity index (χ0n) is 12.8. The van der Waals surface area contributed by atoms with Crippen molar-refractivity contribution in [2.24, 2.45) is 17.8 Å². The normalized spacial score (nSPS) is 38.7. The first kappa shape index (κ1) is 14.4. The van der Waals surface area contributed by atoms with Gasteiger partial charge in [-0.15, -0.1) is 0 Å². The van der Waals surface area contributed by atoms with Crippen LogP contribution in [0.1, 0.15) is 40.0 Å². The van der Waals surface area contributed by atoms with E-state index in [1.165, 1.54) is 12.5 Å². The molecule has 1 aliphatic heterocycles. The van der Waals surface area contributed by atoms with Gasteiger partial charge in [-0.1, -0.05) is 19.1 Å². The van der Waals surface area contributed by atoms with Crippen LogP contribution in [0.3, 0.4) is 0 Å². The van der Waals surface area contributed by atoms with Gasteiger partial charge in [-0.2, -0.15) is 0 Å². The standard InChI is InChI=1S/C17H22O4/c1-8-5-16-14(10(3)17(19)21-16)6-13-9(2)15(7-12(8)13)20-11(4)18/h8,12,14-16H,3,5-7H2,1-2,4H3. The largest absolute Gasteiger partial charge is 0.458 e. The van der Waals surface area contributed by atoms with Gasteiger partial charge in [0.15, 0.2) is 0 Å². The highest BCUT2D eigenvalue weighted by Gasteiger charge is 2.47. The third-order valence-electron chi connectivity index (χ3n) is 5.36. The first-order chi connectivity index (χ1) is 9.88. The maximum Gasteiger partial charge on any atom is 0.334 e. The summed E-state index contributed by atoms with van der Waals surface area (Å²) in [6.45, 7) is 9.62. The lowest BCUT2D eigenvalue weighted by molar-refractivity contribution is -0.145. The van der Waals surface area contributed by atoms with Crippen molar-refractivity contribution in [3.63, 3.8) is 0 Å². The van der Waals surface area contributed by atoms with E-state index in [0.29, 0.717) is 17.4 Å². The molecule has 0 N–H and O–H groups in total. The van der Waals surface area contributed by atoms with Gasteiger partial charge in [0.05, 0.1) is 0 Å². The van der Waals surface area contributed by atoms with Crippen molar-refractivity contribution in [2.45, 2.75) is 52.2 Å². The molecule has 114 valence electrons. The number of rotatable bonds is 1. The summed E-state index contributed by atoms with van der Waals surface area (Å²) in [5.41, 5.74) is 3.11. The van der Waals surface area contributed by atoms with Gasteiger partial charge in [0, 0.05) is 18.4 Å². The Balaban J connectivity index is 1.91. The third kappa shape index (κ3) is 2.30. The molecule has 0 spiro atoms. The van der Waals surface area contributed by atoms with E-state index < -0.39 is 0 Å². The summed E-state index contributed by atoms with van der Waals surface area (Å²) >= 11 is 0. The van der Waals surface area contributed by atoms with Gasteiger partial charge in [-0.3, -0.25) is 4.79 Å². The van der Waals surface area contributed by atoms with Gasteiger partial charge in [0.2, 0.25) is 0 Å². The minimum Gasteiger partial charge on any atom is -0.458 e. The Kier molecular flexibility index (Phi) is 3.42. The Bertz CT molecular complexity index is 545. The highest BCUT2D eigenvalue weighted by molar-refractivity contribution is 5.90. The maximum absolute atomic E-state index is 11.7. The minimum absolute atomic E-state index is 0.0296. The summed E-state index contributed by atoms with van der Waals surface area (Å²) < 4.78 is 10.9. The molecule has 0 amide bonds. The van der Waals surface area contributed by atoms with Gasteiger partial charge in [-0.05, 0) is 43.6 Å². The van der Waals surface area contributed by atoms with Crippen molar-refractivity contribution in [1.82, 2.24) is 0 Å². The van der Waals surface area contributed by atoms with Crippen LogP contribution in [0.25, 0.3) is 0 Å². The fourth-order valence-corrected chi connectivity index (χ4v) is 4.18. The summed E-state index contributed by atoms with van der Waals surface area (Å²) in [5, 5.41) is 0. The first-order valence-corrected chi connectivity index (χ1v) is 7.65. The second kappa shape index (κ2) is 5.00. The number of carbonyl (C=O) groups excluding carboxylic acids is 2. The lowest BCUT2D eigenvalue weighted by atomic mass is 9.86. The van der Waals surface area contributed by atoms with Gasteiger partial charge in [-0.25, -0.2) is 4.79 Å². The van der Waals surface area contributed by atoms with Crippen LogP contribution in [0.5, 0.6) is 0 Å². The molecule has 21 heavy (non-hydrogen) atoms. The molecule has 2 fully saturated rings. The second-order valence-corrected chi connectivity index (χ2v) is 6.64. The van der Waals surface area contributed by atoms with Crippen molar-refractivity contribution in [3.05, 3.63) is 23.3 Å². The molecule has 3 rings (SSSR count). The molecular formula is C17H22O4. The van der Waals surface area contributed by atoms with E-state index in [-0.39, 0.29) is 30.1 Å². The highest BCUT2D eigenvalue weighted by Crippen LogP contribution is 2.49. The average Bonchev–Trinajstić information content (AvgIpc) is 2.78. The van der Waals surface area contributed by atoms with Crippen molar-refractivity contribution in [1.29, 1.82) is 0 Å². The van der Waals surface area contributed by atoms with Crippen molar-refractivity contribution in [3.8, 4) is 0 Å². The Labute approximate surface area is 125 Å². The van der Waals surface area contributed by atoms with E-state index in [2.05, 4.69) is 20.4 Å². The molecule has 4 heteroatoms. The van der Waals surface area contributed by atoms with Crippen LogP contribution >= 0.6 is 0 Å². The Hall–Kier alpha value is -1.58. The Morgan fingerprint density at radius 3 is 2.71 bits per heavy atom. The third-order valence-corrected chi connectivity index (χ3v) is 5.36. The number of esters is 2. The van der Waals surface area contributed by atoms with Crippen LogP contribution in [0, 0.1) is 17.8 Å². The first-order valence-electron chi connectivity index (χ1n) is 7.65. The van der Waals surface area contributed by atoms with Crippen molar-refractivity contribution in [2.75, 3.05) is 0 Å². The Morgan fingerprint density at radius 2 is 2.05 bits per heavy atom. The second-order valence-electron chi connectivity index (χ2n) is 6.64. The summed E-state index contributed by atoms with van der Waals surface area (Å²) in [7, 11) is 0. The molecule has 1 saturated heterocycles. The topological polar surface area (TPSA) is 52.6 Å². The lowest BCUT2D eigenvalue weighted by Gasteiger charge is -2.21. The Morgan fingerprint density at radius 1 is 1.33 bits per heavy atom. The quantitative estimate of drug-likeness (QED) is 0.423. The van der Waals surface area contributed by atoms with Crippen LogP contribution in [-0.2, 0) is 19.1 Å². The zero-order chi connectivity index (χ0) is 15.3. The molecule has 1 saturated carbocycles. The van der Waals surface area contributed by atoms with Crippen LogP contribution < -0.4 is 0 Å². The van der Waals surface area contributed by atoms with Gasteiger partial charge in [0.1, 0.15) is 12.2 Å². The summed E-state index contributed by atoms with van der Waals surface area (Å²) in [6, 6.07) is 0. The molecule has 2 aliphatic carbocycles. The summed E-state index contributed by atoms with van der Waals surface area (Å²) in [6.07, 6.45) is 2.41. The lowest BCUT2D eigenvalue weighted by Crippen LogP contribution is -2.21. The van der Waals surface area contributed by atoms with Crippen LogP contribution in [-0.4, -0.2) is 24.1 Å². The monoisotopic (exact) mass is 290 g/mol. The number of hydrogen-bond acceptors (Lipinski definition) is 4. The number of fused-ring (bicyclic) bond motifs is 2. The number of carbonyl (C=O) groups is 2. The van der Waals surface area contributed by atoms with Gasteiger partial charge in [0.25, 0.3) is 0 Å². The van der Waals surface area contributed by atoms with E-state index in [4.69, 9.17) is 9.47 Å². The highest BCUT2D eigenvalue weighted by atomic mass is 16.6. The molecule has 1 heterocycles. The van der Waals surface area contributed by atoms with Crippen molar-refractivity contribution < 1.29 is 19.1 Å². The zero-order valence-corrected chi connectivity index (χ0v) is 12.8. The molecule has 0 aromatic carbocycles. The molecule has 0 aromatic heterocycles. The molecule has 0 radical (unpaired) electrons. The molecule has 0 aromatic rings. The van der Waals surface area contributed by atoms with E-state index in [1.54, 1.807) is 0 Å². The SMILES string of the molecule is C=C1C(=O)OC2CC(C)C3CC(OC(C)=O)C(C)=C3CC12. The number of hydrogen-bond donors (Lipinski definition) is 0. The van der Waals surface area contributed by atoms with E-state index >= 15 is 0 Å². The molecule has 5 unspecified atom stereocenters. The molecule has 3 aliphatic rings. The summed E-state index contributed by atoms with van der Waals surface area (Å²) in [5.74, 6) is 0.454. The predicted octanol–water partition coefficient (Wildman–Crippen LogP) is 2.78. The molecular weight excluding hydrogens is 268 g/mol. The average molecular weight is 290 g/mol. The predicted molar refractivity (Wildman–Crippen MR) is 77.3 cm³/mol. The van der Waals surface area contributed by atoms with Gasteiger partial charge < -0.3 is 9.47 Å². The number of allylic oxidation sites excluding steroid dienone is 1. The van der Waals surface area contributed by atoms with Crippen molar-refractivity contribution >= 4 is 11.9 Å². The molecule has 4 nitrogen and oxygen atoms in total. The van der Waals surface area contributed by atoms with Crippen LogP contribution in [0.15, 0.2) is 23.3 Å². The molecule has 0 bridgehead atoms. The van der Waals surface area contributed by atoms with Crippen LogP contribution in [0.2, 0.25) is 0 Å². The fourth-order valence-electron chi connectivity index (χ4n) is 4.18. The van der Waals surface area contributed by atoms with E-state index in [0.717, 1.165) is 24.8 Å². The van der Waals surface area contributed by atoms with E-state index in [9.17, 15) is 9.59 Å².